The van der Waals surface area contributed by atoms with Gasteiger partial charge in [-0.1, -0.05) is 6.92 Å². The van der Waals surface area contributed by atoms with Gasteiger partial charge >= 0.3 is 5.97 Å². The van der Waals surface area contributed by atoms with Gasteiger partial charge in [0, 0.05) is 18.7 Å². The van der Waals surface area contributed by atoms with Gasteiger partial charge in [-0.2, -0.15) is 0 Å². The monoisotopic (exact) mass is 311 g/mol. The fourth-order valence-corrected chi connectivity index (χ4v) is 2.24. The van der Waals surface area contributed by atoms with Gasteiger partial charge in [0.1, 0.15) is 11.5 Å². The Morgan fingerprint density at radius 3 is 2.55 bits per heavy atom. The van der Waals surface area contributed by atoms with E-state index in [-0.39, 0.29) is 6.42 Å². The molecule has 1 aromatic rings. The molecule has 0 fully saturated rings. The minimum atomic E-state index is -0.812. The molecule has 0 heterocycles. The topological polar surface area (TPSA) is 79.2 Å². The molecule has 0 radical (unpaired) electrons. The predicted molar refractivity (Wildman–Crippen MR) is 83.5 cm³/mol. The number of aliphatic hydroxyl groups is 1. The van der Waals surface area contributed by atoms with Crippen LogP contribution in [-0.2, 0) is 4.79 Å². The Morgan fingerprint density at radius 2 is 2.00 bits per heavy atom. The standard InChI is InChI=1S/C16H25NO5/c1-4-17(10-8-16(19)20)9-7-14(18)13-11-12(21-2)5-6-15(13)22-3/h5-6,11,14,18H,4,7-10H2,1-3H3,(H,19,20). The second-order valence-electron chi connectivity index (χ2n) is 4.99. The van der Waals surface area contributed by atoms with Crippen LogP contribution in [0.5, 0.6) is 11.5 Å². The highest BCUT2D eigenvalue weighted by atomic mass is 16.5. The van der Waals surface area contributed by atoms with Gasteiger partial charge in [0.2, 0.25) is 0 Å². The Morgan fingerprint density at radius 1 is 1.27 bits per heavy atom. The molecular formula is C16H25NO5. The van der Waals surface area contributed by atoms with Gasteiger partial charge in [-0.25, -0.2) is 0 Å². The summed E-state index contributed by atoms with van der Waals surface area (Å²) >= 11 is 0. The molecule has 6 heteroatoms. The van der Waals surface area contributed by atoms with Gasteiger partial charge in [0.15, 0.2) is 0 Å². The molecule has 2 N–H and O–H groups in total. The van der Waals surface area contributed by atoms with Crippen LogP contribution in [0.3, 0.4) is 0 Å². The van der Waals surface area contributed by atoms with E-state index in [0.29, 0.717) is 36.6 Å². The molecule has 0 bridgehead atoms. The van der Waals surface area contributed by atoms with E-state index in [2.05, 4.69) is 0 Å². The predicted octanol–water partition coefficient (Wildman–Crippen LogP) is 1.92. The van der Waals surface area contributed by atoms with Crippen LogP contribution in [0.15, 0.2) is 18.2 Å². The Hall–Kier alpha value is -1.79. The van der Waals surface area contributed by atoms with Crippen LogP contribution in [0.25, 0.3) is 0 Å². The van der Waals surface area contributed by atoms with Crippen LogP contribution in [0, 0.1) is 0 Å². The number of benzene rings is 1. The first-order valence-electron chi connectivity index (χ1n) is 7.35. The number of ether oxygens (including phenoxy) is 2. The summed E-state index contributed by atoms with van der Waals surface area (Å²) in [6.07, 6.45) is -0.0902. The molecule has 124 valence electrons. The first kappa shape index (κ1) is 18.3. The van der Waals surface area contributed by atoms with E-state index in [9.17, 15) is 9.90 Å². The molecule has 1 aromatic carbocycles. The summed E-state index contributed by atoms with van der Waals surface area (Å²) in [6.45, 7) is 3.81. The third kappa shape index (κ3) is 5.54. The van der Waals surface area contributed by atoms with E-state index in [1.54, 1.807) is 32.4 Å². The van der Waals surface area contributed by atoms with Crippen molar-refractivity contribution < 1.29 is 24.5 Å². The molecule has 0 amide bonds. The third-order valence-corrected chi connectivity index (χ3v) is 3.60. The maximum atomic E-state index is 10.6. The van der Waals surface area contributed by atoms with Crippen molar-refractivity contribution in [2.75, 3.05) is 33.9 Å². The number of nitrogens with zero attached hydrogens (tertiary/aromatic N) is 1. The van der Waals surface area contributed by atoms with Crippen molar-refractivity contribution >= 4 is 5.97 Å². The van der Waals surface area contributed by atoms with Crippen LogP contribution < -0.4 is 9.47 Å². The summed E-state index contributed by atoms with van der Waals surface area (Å²) < 4.78 is 10.4. The van der Waals surface area contributed by atoms with E-state index in [4.69, 9.17) is 14.6 Å². The lowest BCUT2D eigenvalue weighted by Gasteiger charge is -2.22. The molecule has 0 aliphatic heterocycles. The molecule has 1 unspecified atom stereocenters. The van der Waals surface area contributed by atoms with Crippen molar-refractivity contribution in [2.45, 2.75) is 25.9 Å². The zero-order chi connectivity index (χ0) is 16.5. The van der Waals surface area contributed by atoms with Crippen molar-refractivity contribution in [1.82, 2.24) is 4.90 Å². The van der Waals surface area contributed by atoms with Gasteiger partial charge in [0.25, 0.3) is 0 Å². The van der Waals surface area contributed by atoms with Gasteiger partial charge in [-0.3, -0.25) is 4.79 Å². The summed E-state index contributed by atoms with van der Waals surface area (Å²) in [4.78, 5) is 12.6. The number of carboxylic acids is 1. The van der Waals surface area contributed by atoms with Gasteiger partial charge in [0.05, 0.1) is 26.7 Å². The molecule has 0 aliphatic rings. The van der Waals surface area contributed by atoms with Gasteiger partial charge < -0.3 is 24.6 Å². The molecule has 0 aromatic heterocycles. The zero-order valence-corrected chi connectivity index (χ0v) is 13.4. The van der Waals surface area contributed by atoms with Crippen molar-refractivity contribution in [3.05, 3.63) is 23.8 Å². The maximum absolute atomic E-state index is 10.6. The summed E-state index contributed by atoms with van der Waals surface area (Å²) in [5, 5.41) is 19.1. The number of rotatable bonds is 10. The van der Waals surface area contributed by atoms with Crippen LogP contribution in [0.1, 0.15) is 31.4 Å². The normalized spacial score (nSPS) is 12.2. The maximum Gasteiger partial charge on any atom is 0.304 e. The summed E-state index contributed by atoms with van der Waals surface area (Å²) in [6, 6.07) is 5.30. The molecule has 1 atom stereocenters. The number of hydrogen-bond acceptors (Lipinski definition) is 5. The Balaban J connectivity index is 2.67. The Kier molecular flexibility index (Phi) is 7.70. The van der Waals surface area contributed by atoms with Crippen molar-refractivity contribution in [3.63, 3.8) is 0 Å². The molecule has 22 heavy (non-hydrogen) atoms. The Labute approximate surface area is 131 Å². The van der Waals surface area contributed by atoms with E-state index >= 15 is 0 Å². The number of hydrogen-bond donors (Lipinski definition) is 2. The fourth-order valence-electron chi connectivity index (χ4n) is 2.24. The van der Waals surface area contributed by atoms with Crippen LogP contribution in [0.2, 0.25) is 0 Å². The van der Waals surface area contributed by atoms with E-state index in [1.165, 1.54) is 0 Å². The molecule has 0 spiro atoms. The minimum absolute atomic E-state index is 0.104. The van der Waals surface area contributed by atoms with Crippen LogP contribution in [-0.4, -0.2) is 54.9 Å². The quantitative estimate of drug-likeness (QED) is 0.687. The lowest BCUT2D eigenvalue weighted by atomic mass is 10.0. The smallest absolute Gasteiger partial charge is 0.304 e. The lowest BCUT2D eigenvalue weighted by Crippen LogP contribution is -2.28. The highest BCUT2D eigenvalue weighted by Gasteiger charge is 2.16. The first-order chi connectivity index (χ1) is 10.5. The third-order valence-electron chi connectivity index (χ3n) is 3.60. The summed E-state index contributed by atoms with van der Waals surface area (Å²) in [5.74, 6) is 0.462. The fraction of sp³-hybridized carbons (Fsp3) is 0.562. The molecule has 0 saturated carbocycles. The largest absolute Gasteiger partial charge is 0.497 e. The Bertz CT molecular complexity index is 478. The highest BCUT2D eigenvalue weighted by molar-refractivity contribution is 5.66. The highest BCUT2D eigenvalue weighted by Crippen LogP contribution is 2.31. The average molecular weight is 311 g/mol. The van der Waals surface area contributed by atoms with Crippen molar-refractivity contribution in [1.29, 1.82) is 0 Å². The van der Waals surface area contributed by atoms with Gasteiger partial charge in [-0.15, -0.1) is 0 Å². The minimum Gasteiger partial charge on any atom is -0.497 e. The second-order valence-corrected chi connectivity index (χ2v) is 4.99. The number of aliphatic carboxylic acids is 1. The molecule has 1 rings (SSSR count). The zero-order valence-electron chi connectivity index (χ0n) is 13.4. The van der Waals surface area contributed by atoms with Crippen LogP contribution in [0.4, 0.5) is 0 Å². The first-order valence-corrected chi connectivity index (χ1v) is 7.35. The van der Waals surface area contributed by atoms with Crippen molar-refractivity contribution in [3.8, 4) is 11.5 Å². The number of aliphatic hydroxyl groups excluding tert-OH is 1. The molecule has 6 nitrogen and oxygen atoms in total. The lowest BCUT2D eigenvalue weighted by molar-refractivity contribution is -0.137. The molecule has 0 saturated heterocycles. The average Bonchev–Trinajstić information content (AvgIpc) is 2.53. The summed E-state index contributed by atoms with van der Waals surface area (Å²) in [7, 11) is 3.13. The van der Waals surface area contributed by atoms with E-state index < -0.39 is 12.1 Å². The summed E-state index contributed by atoms with van der Waals surface area (Å²) in [5.41, 5.74) is 0.677. The number of carbonyl (C=O) groups is 1. The molecular weight excluding hydrogens is 286 g/mol. The molecule has 0 aliphatic carbocycles. The van der Waals surface area contributed by atoms with E-state index in [1.807, 2.05) is 11.8 Å². The number of methoxy groups -OCH3 is 2. The SMILES string of the molecule is CCN(CCC(=O)O)CCC(O)c1cc(OC)ccc1OC. The second kappa shape index (κ2) is 9.27. The van der Waals surface area contributed by atoms with Gasteiger partial charge in [-0.05, 0) is 31.2 Å². The van der Waals surface area contributed by atoms with Crippen molar-refractivity contribution in [2.24, 2.45) is 0 Å². The van der Waals surface area contributed by atoms with E-state index in [0.717, 1.165) is 6.54 Å². The van der Waals surface area contributed by atoms with Crippen LogP contribution >= 0.6 is 0 Å². The number of carboxylic acid groups (broad SMARTS) is 1.